The summed E-state index contributed by atoms with van der Waals surface area (Å²) >= 11 is 0. The van der Waals surface area contributed by atoms with E-state index in [0.717, 1.165) is 0 Å². The van der Waals surface area contributed by atoms with Crippen LogP contribution in [-0.2, 0) is 9.53 Å². The highest BCUT2D eigenvalue weighted by molar-refractivity contribution is 5.93. The number of nitrogens with one attached hydrogen (secondary N) is 1. The lowest BCUT2D eigenvalue weighted by atomic mass is 10.0. The fourth-order valence-corrected chi connectivity index (χ4v) is 2.18. The lowest BCUT2D eigenvalue weighted by Gasteiger charge is -2.35. The van der Waals surface area contributed by atoms with Crippen molar-refractivity contribution in [2.75, 3.05) is 6.61 Å². The van der Waals surface area contributed by atoms with Crippen LogP contribution in [-0.4, -0.2) is 46.3 Å². The maximum Gasteiger partial charge on any atom is 0.251 e. The zero-order valence-electron chi connectivity index (χ0n) is 9.96. The Bertz CT molecular complexity index is 344. The minimum atomic E-state index is -1.07. The summed E-state index contributed by atoms with van der Waals surface area (Å²) in [5.41, 5.74) is 0.527. The van der Waals surface area contributed by atoms with Crippen LogP contribution in [0.1, 0.15) is 20.3 Å². The molecule has 0 radical (unpaired) electrons. The van der Waals surface area contributed by atoms with Crippen LogP contribution in [0.5, 0.6) is 0 Å². The summed E-state index contributed by atoms with van der Waals surface area (Å²) in [6.45, 7) is 3.64. The van der Waals surface area contributed by atoms with Gasteiger partial charge in [0.25, 0.3) is 5.91 Å². The van der Waals surface area contributed by atoms with Gasteiger partial charge in [-0.1, -0.05) is 6.92 Å². The third-order valence-corrected chi connectivity index (χ3v) is 3.30. The van der Waals surface area contributed by atoms with Gasteiger partial charge in [0.05, 0.1) is 12.7 Å². The lowest BCUT2D eigenvalue weighted by molar-refractivity contribution is -0.142. The number of nitrogens with zero attached hydrogens (tertiary/aromatic N) is 1. The maximum absolute atomic E-state index is 11.3. The van der Waals surface area contributed by atoms with E-state index >= 15 is 0 Å². The molecule has 17 heavy (non-hydrogen) atoms. The molecule has 0 bridgehead atoms. The Morgan fingerprint density at radius 1 is 1.65 bits per heavy atom. The van der Waals surface area contributed by atoms with E-state index in [1.54, 1.807) is 18.0 Å². The Hall–Kier alpha value is -1.11. The zero-order valence-corrected chi connectivity index (χ0v) is 9.96. The number of rotatable bonds is 2. The standard InChI is InChI=1S/C11H18N2O4/c1-6-3-9(17-8(6)5-14)13-4-7(2)10(15)12-11(13)16/h4,6,8-9,11,14,16H,3,5H2,1-2H3,(H,12,15). The van der Waals surface area contributed by atoms with Crippen LogP contribution >= 0.6 is 0 Å². The molecule has 2 aliphatic rings. The molecule has 6 nitrogen and oxygen atoms in total. The molecule has 2 rings (SSSR count). The van der Waals surface area contributed by atoms with Gasteiger partial charge in [-0.25, -0.2) is 0 Å². The van der Waals surface area contributed by atoms with E-state index < -0.39 is 6.35 Å². The molecule has 1 fully saturated rings. The molecular formula is C11H18N2O4. The highest BCUT2D eigenvalue weighted by Gasteiger charge is 2.38. The average Bonchev–Trinajstić information content (AvgIpc) is 2.65. The van der Waals surface area contributed by atoms with Crippen LogP contribution in [0.2, 0.25) is 0 Å². The number of amides is 1. The largest absolute Gasteiger partial charge is 0.394 e. The predicted octanol–water partition coefficient (Wildman–Crippen LogP) is -0.659. The number of hydrogen-bond acceptors (Lipinski definition) is 5. The monoisotopic (exact) mass is 242 g/mol. The number of hydrogen-bond donors (Lipinski definition) is 3. The van der Waals surface area contributed by atoms with Crippen molar-refractivity contribution in [1.82, 2.24) is 10.2 Å². The smallest absolute Gasteiger partial charge is 0.251 e. The Labute approximate surface area is 99.9 Å². The minimum Gasteiger partial charge on any atom is -0.394 e. The van der Waals surface area contributed by atoms with Crippen molar-refractivity contribution < 1.29 is 19.7 Å². The fraction of sp³-hybridized carbons (Fsp3) is 0.727. The lowest BCUT2D eigenvalue weighted by Crippen LogP contribution is -2.53. The first-order valence-corrected chi connectivity index (χ1v) is 5.74. The quantitative estimate of drug-likeness (QED) is 0.599. The first kappa shape index (κ1) is 12.3. The third kappa shape index (κ3) is 2.29. The first-order chi connectivity index (χ1) is 8.02. The van der Waals surface area contributed by atoms with Gasteiger partial charge in [-0.2, -0.15) is 0 Å². The van der Waals surface area contributed by atoms with Gasteiger partial charge in [0.1, 0.15) is 6.23 Å². The number of aliphatic hydroxyl groups is 2. The van der Waals surface area contributed by atoms with Crippen LogP contribution in [0.15, 0.2) is 11.8 Å². The fourth-order valence-electron chi connectivity index (χ4n) is 2.18. The molecule has 6 heteroatoms. The van der Waals surface area contributed by atoms with Gasteiger partial charge in [0, 0.05) is 11.8 Å². The van der Waals surface area contributed by atoms with Gasteiger partial charge in [-0.05, 0) is 19.3 Å². The average molecular weight is 242 g/mol. The number of carbonyl (C=O) groups excluding carboxylic acids is 1. The van der Waals surface area contributed by atoms with Crippen LogP contribution in [0.4, 0.5) is 0 Å². The summed E-state index contributed by atoms with van der Waals surface area (Å²) in [6.07, 6.45) is 0.717. The summed E-state index contributed by atoms with van der Waals surface area (Å²) in [5, 5.41) is 21.3. The molecule has 0 aliphatic carbocycles. The highest BCUT2D eigenvalue weighted by Crippen LogP contribution is 2.29. The SMILES string of the molecule is CC1=CN(C2CC(C)C(CO)O2)C(O)NC1=O. The van der Waals surface area contributed by atoms with Gasteiger partial charge < -0.3 is 25.2 Å². The van der Waals surface area contributed by atoms with Crippen molar-refractivity contribution >= 4 is 5.91 Å². The van der Waals surface area contributed by atoms with E-state index in [1.807, 2.05) is 6.92 Å². The first-order valence-electron chi connectivity index (χ1n) is 5.74. The van der Waals surface area contributed by atoms with Gasteiger partial charge >= 0.3 is 0 Å². The van der Waals surface area contributed by atoms with Gasteiger partial charge in [-0.15, -0.1) is 0 Å². The Kier molecular flexibility index (Phi) is 3.37. The van der Waals surface area contributed by atoms with Crippen LogP contribution in [0, 0.1) is 5.92 Å². The number of ether oxygens (including phenoxy) is 1. The molecule has 2 aliphatic heterocycles. The molecule has 0 aromatic rings. The predicted molar refractivity (Wildman–Crippen MR) is 59.3 cm³/mol. The second kappa shape index (κ2) is 4.64. The summed E-state index contributed by atoms with van der Waals surface area (Å²) < 4.78 is 5.64. The summed E-state index contributed by atoms with van der Waals surface area (Å²) in [4.78, 5) is 12.9. The van der Waals surface area contributed by atoms with E-state index in [1.165, 1.54) is 0 Å². The van der Waals surface area contributed by atoms with Crippen molar-refractivity contribution in [2.45, 2.75) is 39.0 Å². The molecule has 3 N–H and O–H groups in total. The second-order valence-electron chi connectivity index (χ2n) is 4.63. The molecule has 4 atom stereocenters. The molecule has 2 heterocycles. The van der Waals surface area contributed by atoms with Gasteiger partial charge in [-0.3, -0.25) is 4.79 Å². The van der Waals surface area contributed by atoms with E-state index in [2.05, 4.69) is 5.32 Å². The van der Waals surface area contributed by atoms with Crippen LogP contribution in [0.3, 0.4) is 0 Å². The Morgan fingerprint density at radius 3 is 2.94 bits per heavy atom. The maximum atomic E-state index is 11.3. The van der Waals surface area contributed by atoms with Gasteiger partial charge in [0.15, 0.2) is 0 Å². The molecule has 0 saturated carbocycles. The molecule has 0 aromatic heterocycles. The van der Waals surface area contributed by atoms with E-state index in [-0.39, 0.29) is 30.8 Å². The van der Waals surface area contributed by atoms with Crippen LogP contribution in [0.25, 0.3) is 0 Å². The van der Waals surface area contributed by atoms with Crippen LogP contribution < -0.4 is 5.32 Å². The van der Waals surface area contributed by atoms with Crippen molar-refractivity contribution in [3.63, 3.8) is 0 Å². The Morgan fingerprint density at radius 2 is 2.35 bits per heavy atom. The Balaban J connectivity index is 2.10. The summed E-state index contributed by atoms with van der Waals surface area (Å²) in [6, 6.07) is 0. The molecular weight excluding hydrogens is 224 g/mol. The van der Waals surface area contributed by atoms with Crippen molar-refractivity contribution in [3.05, 3.63) is 11.8 Å². The van der Waals surface area contributed by atoms with E-state index in [9.17, 15) is 9.90 Å². The van der Waals surface area contributed by atoms with Crippen molar-refractivity contribution in [1.29, 1.82) is 0 Å². The molecule has 96 valence electrons. The van der Waals surface area contributed by atoms with Crippen molar-refractivity contribution in [2.24, 2.45) is 5.92 Å². The molecule has 4 unspecified atom stereocenters. The summed E-state index contributed by atoms with van der Waals surface area (Å²) in [5.74, 6) is -0.0537. The summed E-state index contributed by atoms with van der Waals surface area (Å²) in [7, 11) is 0. The molecule has 1 saturated heterocycles. The van der Waals surface area contributed by atoms with E-state index in [4.69, 9.17) is 9.84 Å². The molecule has 1 amide bonds. The number of carbonyl (C=O) groups is 1. The molecule has 0 spiro atoms. The minimum absolute atomic E-state index is 0.0311. The van der Waals surface area contributed by atoms with E-state index in [0.29, 0.717) is 12.0 Å². The normalized spacial score (nSPS) is 38.0. The molecule has 0 aromatic carbocycles. The highest BCUT2D eigenvalue weighted by atomic mass is 16.5. The third-order valence-electron chi connectivity index (χ3n) is 3.30. The van der Waals surface area contributed by atoms with Gasteiger partial charge in [0.2, 0.25) is 6.35 Å². The van der Waals surface area contributed by atoms with Crippen molar-refractivity contribution in [3.8, 4) is 0 Å². The topological polar surface area (TPSA) is 82.0 Å². The number of aliphatic hydroxyl groups excluding tert-OH is 2. The zero-order chi connectivity index (χ0) is 12.6. The second-order valence-corrected chi connectivity index (χ2v) is 4.63.